The van der Waals surface area contributed by atoms with Crippen LogP contribution in [0.1, 0.15) is 32.8 Å². The SMILES string of the molecule is CCCNC(=S)c1ccc2c(c1)N([C@H](C)CN(C)CC)c1ccccc1S2.Cl. The molecule has 0 fully saturated rings. The third kappa shape index (κ3) is 5.01. The number of nitrogens with zero attached hydrogens (tertiary/aromatic N) is 2. The molecule has 1 N–H and O–H groups in total. The molecule has 2 aromatic carbocycles. The minimum Gasteiger partial charge on any atom is -0.376 e. The van der Waals surface area contributed by atoms with Gasteiger partial charge in [0.05, 0.1) is 11.4 Å². The van der Waals surface area contributed by atoms with Gasteiger partial charge in [-0.05, 0) is 51.2 Å². The van der Waals surface area contributed by atoms with Crippen molar-refractivity contribution in [3.05, 3.63) is 48.0 Å². The first kappa shape index (κ1) is 23.0. The van der Waals surface area contributed by atoms with Crippen molar-refractivity contribution in [2.24, 2.45) is 0 Å². The van der Waals surface area contributed by atoms with Gasteiger partial charge in [-0.3, -0.25) is 0 Å². The predicted octanol–water partition coefficient (Wildman–Crippen LogP) is 5.73. The highest BCUT2D eigenvalue weighted by atomic mass is 35.5. The summed E-state index contributed by atoms with van der Waals surface area (Å²) in [5.41, 5.74) is 3.64. The molecule has 0 amide bonds. The van der Waals surface area contributed by atoms with E-state index in [1.165, 1.54) is 21.2 Å². The van der Waals surface area contributed by atoms with E-state index in [0.717, 1.165) is 36.6 Å². The van der Waals surface area contributed by atoms with Crippen molar-refractivity contribution in [3.63, 3.8) is 0 Å². The summed E-state index contributed by atoms with van der Waals surface area (Å²) in [5, 5.41) is 3.36. The topological polar surface area (TPSA) is 18.5 Å². The number of halogens is 1. The Balaban J connectivity index is 0.00000280. The lowest BCUT2D eigenvalue weighted by Crippen LogP contribution is -2.39. The summed E-state index contributed by atoms with van der Waals surface area (Å²) in [6.07, 6.45) is 1.07. The van der Waals surface area contributed by atoms with Crippen LogP contribution < -0.4 is 10.2 Å². The number of para-hydroxylation sites is 1. The number of fused-ring (bicyclic) bond motifs is 2. The van der Waals surface area contributed by atoms with Gasteiger partial charge in [0.25, 0.3) is 0 Å². The maximum Gasteiger partial charge on any atom is 0.106 e. The molecule has 0 bridgehead atoms. The fourth-order valence-corrected chi connectivity index (χ4v) is 4.68. The Bertz CT molecular complexity index is 812. The normalized spacial score (nSPS) is 13.4. The summed E-state index contributed by atoms with van der Waals surface area (Å²) in [7, 11) is 2.18. The Labute approximate surface area is 185 Å². The highest BCUT2D eigenvalue weighted by Gasteiger charge is 2.28. The molecule has 0 radical (unpaired) electrons. The van der Waals surface area contributed by atoms with Gasteiger partial charge in [0.1, 0.15) is 4.99 Å². The van der Waals surface area contributed by atoms with E-state index in [0.29, 0.717) is 6.04 Å². The predicted molar refractivity (Wildman–Crippen MR) is 129 cm³/mol. The number of hydrogen-bond acceptors (Lipinski definition) is 4. The van der Waals surface area contributed by atoms with Crippen LogP contribution in [0.5, 0.6) is 0 Å². The van der Waals surface area contributed by atoms with Crippen LogP contribution in [0.15, 0.2) is 52.3 Å². The summed E-state index contributed by atoms with van der Waals surface area (Å²) >= 11 is 7.46. The van der Waals surface area contributed by atoms with Gasteiger partial charge in [-0.2, -0.15) is 0 Å². The molecule has 0 aliphatic carbocycles. The minimum atomic E-state index is 0. The van der Waals surface area contributed by atoms with E-state index in [1.54, 1.807) is 0 Å². The van der Waals surface area contributed by atoms with E-state index in [-0.39, 0.29) is 12.4 Å². The maximum absolute atomic E-state index is 5.62. The molecule has 2 aromatic rings. The summed E-state index contributed by atoms with van der Waals surface area (Å²) in [4.78, 5) is 8.30. The van der Waals surface area contributed by atoms with Gasteiger partial charge in [-0.25, -0.2) is 0 Å². The first-order valence-electron chi connectivity index (χ1n) is 9.72. The van der Waals surface area contributed by atoms with Crippen molar-refractivity contribution in [1.29, 1.82) is 0 Å². The van der Waals surface area contributed by atoms with E-state index in [4.69, 9.17) is 12.2 Å². The number of likely N-dealkylation sites (N-methyl/N-ethyl adjacent to an activating group) is 1. The van der Waals surface area contributed by atoms with Gasteiger partial charge >= 0.3 is 0 Å². The number of nitrogens with one attached hydrogen (secondary N) is 1. The van der Waals surface area contributed by atoms with E-state index >= 15 is 0 Å². The van der Waals surface area contributed by atoms with Gasteiger partial charge in [0, 0.05) is 34.5 Å². The van der Waals surface area contributed by atoms with Crippen LogP contribution in [0.4, 0.5) is 11.4 Å². The second kappa shape index (κ2) is 10.5. The molecule has 3 nitrogen and oxygen atoms in total. The minimum absolute atomic E-state index is 0. The first-order valence-corrected chi connectivity index (χ1v) is 10.9. The van der Waals surface area contributed by atoms with Crippen LogP contribution in [0.3, 0.4) is 0 Å². The van der Waals surface area contributed by atoms with Gasteiger partial charge < -0.3 is 15.1 Å². The molecule has 0 saturated carbocycles. The van der Waals surface area contributed by atoms with Crippen LogP contribution in [0.2, 0.25) is 0 Å². The largest absolute Gasteiger partial charge is 0.376 e. The quantitative estimate of drug-likeness (QED) is 0.558. The monoisotopic (exact) mass is 435 g/mol. The fourth-order valence-electron chi connectivity index (χ4n) is 3.40. The summed E-state index contributed by atoms with van der Waals surface area (Å²) in [5.74, 6) is 0. The summed E-state index contributed by atoms with van der Waals surface area (Å²) in [6.45, 7) is 9.64. The average molecular weight is 436 g/mol. The molecule has 1 aliphatic heterocycles. The highest BCUT2D eigenvalue weighted by molar-refractivity contribution is 7.99. The van der Waals surface area contributed by atoms with Gasteiger partial charge in [-0.15, -0.1) is 12.4 Å². The number of hydrogen-bond donors (Lipinski definition) is 1. The molecule has 28 heavy (non-hydrogen) atoms. The second-order valence-electron chi connectivity index (χ2n) is 7.08. The number of thiocarbonyl (C=S) groups is 1. The van der Waals surface area contributed by atoms with Gasteiger partial charge in [0.2, 0.25) is 0 Å². The van der Waals surface area contributed by atoms with Crippen LogP contribution >= 0.6 is 36.4 Å². The summed E-state index contributed by atoms with van der Waals surface area (Å²) in [6, 6.07) is 15.7. The van der Waals surface area contributed by atoms with Crippen molar-refractivity contribution >= 4 is 52.8 Å². The molecule has 152 valence electrons. The van der Waals surface area contributed by atoms with Crippen molar-refractivity contribution in [3.8, 4) is 0 Å². The second-order valence-corrected chi connectivity index (χ2v) is 8.57. The van der Waals surface area contributed by atoms with Crippen molar-refractivity contribution in [1.82, 2.24) is 10.2 Å². The first-order chi connectivity index (χ1) is 13.0. The van der Waals surface area contributed by atoms with Crippen LogP contribution in [0, 0.1) is 0 Å². The average Bonchev–Trinajstić information content (AvgIpc) is 2.69. The van der Waals surface area contributed by atoms with Gasteiger partial charge in [-0.1, -0.05) is 56.0 Å². The van der Waals surface area contributed by atoms with Crippen molar-refractivity contribution in [2.45, 2.75) is 43.0 Å². The summed E-state index contributed by atoms with van der Waals surface area (Å²) < 4.78 is 0. The molecule has 0 spiro atoms. The maximum atomic E-state index is 5.62. The molecule has 0 saturated heterocycles. The zero-order valence-electron chi connectivity index (χ0n) is 17.1. The molecule has 3 rings (SSSR count). The lowest BCUT2D eigenvalue weighted by Gasteiger charge is -2.39. The Hall–Kier alpha value is -1.27. The highest BCUT2D eigenvalue weighted by Crippen LogP contribution is 2.49. The van der Waals surface area contributed by atoms with Crippen LogP contribution in [-0.4, -0.2) is 42.6 Å². The van der Waals surface area contributed by atoms with Crippen LogP contribution in [-0.2, 0) is 0 Å². The Morgan fingerprint density at radius 1 is 1.14 bits per heavy atom. The Morgan fingerprint density at radius 2 is 1.86 bits per heavy atom. The fraction of sp³-hybridized carbons (Fsp3) is 0.409. The smallest absolute Gasteiger partial charge is 0.106 e. The standard InChI is InChI=1S/C22H29N3S2.ClH/c1-5-13-23-22(26)17-11-12-21-19(14-17)25(16(3)15-24(4)6-2)18-9-7-8-10-20(18)27-21;/h7-12,14,16H,5-6,13,15H2,1-4H3,(H,23,26);1H/t16-;/m1./s1. The Morgan fingerprint density at radius 3 is 2.57 bits per heavy atom. The molecular formula is C22H30ClN3S2. The number of benzene rings is 2. The molecular weight excluding hydrogens is 406 g/mol. The third-order valence-corrected chi connectivity index (χ3v) is 6.43. The molecule has 1 heterocycles. The molecule has 1 aliphatic rings. The van der Waals surface area contributed by atoms with Gasteiger partial charge in [0.15, 0.2) is 0 Å². The number of rotatable bonds is 7. The zero-order chi connectivity index (χ0) is 19.4. The van der Waals surface area contributed by atoms with Crippen LogP contribution in [0.25, 0.3) is 0 Å². The molecule has 0 unspecified atom stereocenters. The molecule has 6 heteroatoms. The van der Waals surface area contributed by atoms with Crippen molar-refractivity contribution < 1.29 is 0 Å². The number of anilines is 2. The zero-order valence-corrected chi connectivity index (χ0v) is 19.5. The van der Waals surface area contributed by atoms with E-state index in [9.17, 15) is 0 Å². The molecule has 1 atom stereocenters. The molecule has 0 aromatic heterocycles. The van der Waals surface area contributed by atoms with E-state index in [2.05, 4.69) is 85.4 Å². The Kier molecular flexibility index (Phi) is 8.62. The van der Waals surface area contributed by atoms with E-state index in [1.807, 2.05) is 11.8 Å². The lowest BCUT2D eigenvalue weighted by molar-refractivity contribution is 0.332. The van der Waals surface area contributed by atoms with E-state index < -0.39 is 0 Å². The lowest BCUT2D eigenvalue weighted by atomic mass is 10.1. The van der Waals surface area contributed by atoms with Crippen molar-refractivity contribution in [2.75, 3.05) is 31.6 Å². The third-order valence-electron chi connectivity index (χ3n) is 4.92.